The fourth-order valence-corrected chi connectivity index (χ4v) is 5.22. The van der Waals surface area contributed by atoms with Crippen molar-refractivity contribution in [2.75, 3.05) is 10.7 Å². The molecule has 4 aromatic rings. The zero-order chi connectivity index (χ0) is 21.6. The first kappa shape index (κ1) is 21.8. The van der Waals surface area contributed by atoms with Gasteiger partial charge in [0.1, 0.15) is 0 Å². The monoisotopic (exact) mass is 467 g/mol. The number of para-hydroxylation sites is 1. The van der Waals surface area contributed by atoms with E-state index in [1.165, 1.54) is 0 Å². The van der Waals surface area contributed by atoms with Crippen molar-refractivity contribution in [3.8, 4) is 0 Å². The molecule has 0 saturated carbocycles. The van der Waals surface area contributed by atoms with Gasteiger partial charge in [-0.25, -0.2) is 4.98 Å². The van der Waals surface area contributed by atoms with Crippen LogP contribution in [0.3, 0.4) is 0 Å². The maximum atomic E-state index is 13.2. The van der Waals surface area contributed by atoms with E-state index in [-0.39, 0.29) is 5.91 Å². The van der Waals surface area contributed by atoms with Crippen LogP contribution in [0, 0.1) is 6.92 Å². The number of anilines is 1. The van der Waals surface area contributed by atoms with E-state index in [2.05, 4.69) is 11.1 Å². The Kier molecular flexibility index (Phi) is 7.22. The van der Waals surface area contributed by atoms with Crippen LogP contribution in [-0.4, -0.2) is 21.6 Å². The molecule has 0 fully saturated rings. The Morgan fingerprint density at radius 2 is 1.94 bits per heavy atom. The summed E-state index contributed by atoms with van der Waals surface area (Å²) in [5.41, 5.74) is 2.92. The van der Waals surface area contributed by atoms with Crippen LogP contribution in [0.15, 0.2) is 71.8 Å². The zero-order valence-corrected chi connectivity index (χ0v) is 19.5. The summed E-state index contributed by atoms with van der Waals surface area (Å²) in [5.74, 6) is 0.933. The quantitative estimate of drug-likeness (QED) is 0.212. The maximum absolute atomic E-state index is 13.2. The number of fused-ring (bicyclic) bond motifs is 1. The second-order valence-corrected chi connectivity index (χ2v) is 9.74. The lowest BCUT2D eigenvalue weighted by atomic mass is 10.2. The Morgan fingerprint density at radius 1 is 1.10 bits per heavy atom. The van der Waals surface area contributed by atoms with Gasteiger partial charge in [0.15, 0.2) is 5.13 Å². The summed E-state index contributed by atoms with van der Waals surface area (Å²) < 4.78 is 1.09. The molecule has 0 aliphatic rings. The molecular weight excluding hydrogens is 446 g/mol. The van der Waals surface area contributed by atoms with Crippen molar-refractivity contribution in [1.29, 1.82) is 0 Å². The molecule has 0 saturated heterocycles. The van der Waals surface area contributed by atoms with Gasteiger partial charge in [-0.15, -0.1) is 11.8 Å². The number of thiazole rings is 1. The third-order valence-electron chi connectivity index (χ3n) is 4.80. The standard InChI is InChI=1S/C24H22ClN3OS2/c1-17-6-4-8-21-23(17)27-24(31-21)28(16-19-7-2-3-14-26-19)22(29)9-5-15-30-20-12-10-18(25)11-13-20/h2-4,6-8,10-14H,5,9,15-16H2,1H3. The average molecular weight is 468 g/mol. The van der Waals surface area contributed by atoms with Crippen LogP contribution in [0.25, 0.3) is 10.2 Å². The summed E-state index contributed by atoms with van der Waals surface area (Å²) in [5, 5.41) is 1.46. The van der Waals surface area contributed by atoms with Crippen molar-refractivity contribution in [1.82, 2.24) is 9.97 Å². The fraction of sp³-hybridized carbons (Fsp3) is 0.208. The lowest BCUT2D eigenvalue weighted by Gasteiger charge is -2.19. The van der Waals surface area contributed by atoms with Crippen LogP contribution in [0.4, 0.5) is 5.13 Å². The molecule has 2 heterocycles. The largest absolute Gasteiger partial charge is 0.282 e. The average Bonchev–Trinajstić information content (AvgIpc) is 3.22. The number of thioether (sulfide) groups is 1. The number of pyridine rings is 1. The molecule has 7 heteroatoms. The van der Waals surface area contributed by atoms with Gasteiger partial charge >= 0.3 is 0 Å². The van der Waals surface area contributed by atoms with Gasteiger partial charge in [-0.05, 0) is 67.1 Å². The number of benzene rings is 2. The van der Waals surface area contributed by atoms with Crippen LogP contribution in [0.5, 0.6) is 0 Å². The number of aryl methyl sites for hydroxylation is 1. The molecule has 2 aromatic carbocycles. The topological polar surface area (TPSA) is 46.1 Å². The Labute approximate surface area is 195 Å². The van der Waals surface area contributed by atoms with Crippen molar-refractivity contribution in [3.63, 3.8) is 0 Å². The highest BCUT2D eigenvalue weighted by atomic mass is 35.5. The molecule has 0 aliphatic carbocycles. The molecule has 2 aromatic heterocycles. The van der Waals surface area contributed by atoms with Crippen LogP contribution in [-0.2, 0) is 11.3 Å². The normalized spacial score (nSPS) is 11.0. The second-order valence-electron chi connectivity index (χ2n) is 7.12. The summed E-state index contributed by atoms with van der Waals surface area (Å²) >= 11 is 9.23. The minimum atomic E-state index is 0.0686. The van der Waals surface area contributed by atoms with Gasteiger partial charge in [-0.1, -0.05) is 41.1 Å². The number of rotatable bonds is 8. The molecule has 0 radical (unpaired) electrons. The van der Waals surface area contributed by atoms with E-state index in [0.717, 1.165) is 48.7 Å². The predicted molar refractivity (Wildman–Crippen MR) is 131 cm³/mol. The lowest BCUT2D eigenvalue weighted by molar-refractivity contribution is -0.118. The van der Waals surface area contributed by atoms with Gasteiger partial charge in [0.05, 0.1) is 22.5 Å². The third-order valence-corrected chi connectivity index (χ3v) is 7.20. The van der Waals surface area contributed by atoms with Gasteiger partial charge in [0.2, 0.25) is 5.91 Å². The molecule has 0 aliphatic heterocycles. The smallest absolute Gasteiger partial charge is 0.229 e. The molecule has 0 unspecified atom stereocenters. The predicted octanol–water partition coefficient (Wildman–Crippen LogP) is 6.76. The number of carbonyl (C=O) groups is 1. The molecule has 158 valence electrons. The minimum Gasteiger partial charge on any atom is -0.282 e. The molecule has 31 heavy (non-hydrogen) atoms. The summed E-state index contributed by atoms with van der Waals surface area (Å²) in [7, 11) is 0. The van der Waals surface area contributed by atoms with E-state index < -0.39 is 0 Å². The number of nitrogens with zero attached hydrogens (tertiary/aromatic N) is 3. The molecule has 0 spiro atoms. The number of halogens is 1. The Balaban J connectivity index is 1.47. The number of hydrogen-bond acceptors (Lipinski definition) is 5. The van der Waals surface area contributed by atoms with Gasteiger partial charge in [-0.3, -0.25) is 14.7 Å². The molecule has 4 rings (SSSR count). The molecule has 0 bridgehead atoms. The highest BCUT2D eigenvalue weighted by molar-refractivity contribution is 7.99. The van der Waals surface area contributed by atoms with Crippen molar-refractivity contribution in [3.05, 3.63) is 83.1 Å². The van der Waals surface area contributed by atoms with E-state index in [1.54, 1.807) is 34.2 Å². The summed E-state index contributed by atoms with van der Waals surface area (Å²) in [6.45, 7) is 2.47. The first-order valence-corrected chi connectivity index (χ1v) is 12.2. The van der Waals surface area contributed by atoms with E-state index in [9.17, 15) is 4.79 Å². The number of carbonyl (C=O) groups excluding carboxylic acids is 1. The summed E-state index contributed by atoms with van der Waals surface area (Å²) in [4.78, 5) is 25.3. The highest BCUT2D eigenvalue weighted by Crippen LogP contribution is 2.32. The van der Waals surface area contributed by atoms with E-state index >= 15 is 0 Å². The zero-order valence-electron chi connectivity index (χ0n) is 17.1. The van der Waals surface area contributed by atoms with Crippen LogP contribution < -0.4 is 4.90 Å². The van der Waals surface area contributed by atoms with Gasteiger partial charge in [-0.2, -0.15) is 0 Å². The maximum Gasteiger partial charge on any atom is 0.229 e. The first-order valence-electron chi connectivity index (χ1n) is 10.0. The Morgan fingerprint density at radius 3 is 2.68 bits per heavy atom. The Bertz CT molecular complexity index is 1160. The van der Waals surface area contributed by atoms with Crippen molar-refractivity contribution < 1.29 is 4.79 Å². The molecular formula is C24H22ClN3OS2. The van der Waals surface area contributed by atoms with Gasteiger partial charge in [0, 0.05) is 22.5 Å². The molecule has 0 atom stereocenters. The van der Waals surface area contributed by atoms with Crippen LogP contribution >= 0.6 is 34.7 Å². The van der Waals surface area contributed by atoms with E-state index in [0.29, 0.717) is 13.0 Å². The second kappa shape index (κ2) is 10.3. The SMILES string of the molecule is Cc1cccc2sc(N(Cc3ccccn3)C(=O)CCCSc3ccc(Cl)cc3)nc12. The first-order chi connectivity index (χ1) is 15.1. The van der Waals surface area contributed by atoms with E-state index in [1.807, 2.05) is 61.5 Å². The van der Waals surface area contributed by atoms with Crippen molar-refractivity contribution in [2.45, 2.75) is 31.2 Å². The highest BCUT2D eigenvalue weighted by Gasteiger charge is 2.21. The van der Waals surface area contributed by atoms with Crippen molar-refractivity contribution in [2.24, 2.45) is 0 Å². The molecule has 1 amide bonds. The minimum absolute atomic E-state index is 0.0686. The van der Waals surface area contributed by atoms with Gasteiger partial charge < -0.3 is 0 Å². The molecule has 0 N–H and O–H groups in total. The third kappa shape index (κ3) is 5.64. The van der Waals surface area contributed by atoms with E-state index in [4.69, 9.17) is 16.6 Å². The van der Waals surface area contributed by atoms with Crippen LogP contribution in [0.1, 0.15) is 24.1 Å². The Hall–Kier alpha value is -2.41. The fourth-order valence-electron chi connectivity index (χ4n) is 3.19. The number of hydrogen-bond donors (Lipinski definition) is 0. The number of amides is 1. The van der Waals surface area contributed by atoms with Crippen molar-refractivity contribution >= 4 is 56.0 Å². The summed E-state index contributed by atoms with van der Waals surface area (Å²) in [6, 6.07) is 19.7. The lowest BCUT2D eigenvalue weighted by Crippen LogP contribution is -2.30. The molecule has 4 nitrogen and oxygen atoms in total. The van der Waals surface area contributed by atoms with Gasteiger partial charge in [0.25, 0.3) is 0 Å². The summed E-state index contributed by atoms with van der Waals surface area (Å²) in [6.07, 6.45) is 3.00. The van der Waals surface area contributed by atoms with Crippen LogP contribution in [0.2, 0.25) is 5.02 Å². The number of aromatic nitrogens is 2.